The van der Waals surface area contributed by atoms with Crippen LogP contribution in [0.2, 0.25) is 10.0 Å². The number of hydrogen-bond acceptors (Lipinski definition) is 5. The summed E-state index contributed by atoms with van der Waals surface area (Å²) >= 11 is 12.6. The molecule has 3 rings (SSSR count). The number of rotatable bonds is 7. The number of hydrogen-bond donors (Lipinski definition) is 0. The molecule has 0 saturated carbocycles. The molecule has 1 aliphatic rings. The van der Waals surface area contributed by atoms with Gasteiger partial charge in [-0.1, -0.05) is 42.3 Å². The van der Waals surface area contributed by atoms with Crippen molar-refractivity contribution in [1.82, 2.24) is 4.90 Å². The van der Waals surface area contributed by atoms with Gasteiger partial charge < -0.3 is 4.90 Å². The lowest BCUT2D eigenvalue weighted by Gasteiger charge is -2.43. The van der Waals surface area contributed by atoms with Crippen molar-refractivity contribution in [3.05, 3.63) is 63.6 Å². The number of nitriles is 1. The van der Waals surface area contributed by atoms with E-state index in [-0.39, 0.29) is 17.5 Å². The Bertz CT molecular complexity index is 1020. The van der Waals surface area contributed by atoms with Crippen LogP contribution in [-0.2, 0) is 9.84 Å². The molecule has 0 unspecified atom stereocenters. The van der Waals surface area contributed by atoms with Crippen LogP contribution in [0.3, 0.4) is 0 Å². The Morgan fingerprint density at radius 2 is 1.87 bits per heavy atom. The normalized spacial score (nSPS) is 17.7. The number of sulfone groups is 1. The quantitative estimate of drug-likeness (QED) is 0.599. The summed E-state index contributed by atoms with van der Waals surface area (Å²) in [6.07, 6.45) is 0.626. The first-order chi connectivity index (χ1) is 14.3. The van der Waals surface area contributed by atoms with E-state index in [1.165, 1.54) is 0 Å². The van der Waals surface area contributed by atoms with Crippen LogP contribution in [0.4, 0.5) is 5.69 Å². The molecule has 0 aliphatic carbocycles. The molecule has 1 heterocycles. The third-order valence-corrected chi connectivity index (χ3v) is 7.82. The third kappa shape index (κ3) is 5.67. The van der Waals surface area contributed by atoms with Crippen molar-refractivity contribution < 1.29 is 8.42 Å². The highest BCUT2D eigenvalue weighted by Crippen LogP contribution is 2.36. The van der Waals surface area contributed by atoms with Crippen molar-refractivity contribution in [3.8, 4) is 6.07 Å². The lowest BCUT2D eigenvalue weighted by Crippen LogP contribution is -2.49. The standard InChI is InChI=1S/C22H25Cl2N3O2S/c1-2-30(28,29)13-3-10-26-11-12-27(21-9-4-17(15-25)14-20(21)24)22(16-26)18-5-7-19(23)8-6-18/h4-9,14,22H,2-3,10-13,16H2,1H3/t22-/m0/s1. The van der Waals surface area contributed by atoms with Crippen LogP contribution in [0.5, 0.6) is 0 Å². The first-order valence-corrected chi connectivity index (χ1v) is 12.5. The predicted octanol–water partition coefficient (Wildman–Crippen LogP) is 4.55. The fourth-order valence-electron chi connectivity index (χ4n) is 3.76. The zero-order valence-electron chi connectivity index (χ0n) is 16.9. The van der Waals surface area contributed by atoms with Crippen molar-refractivity contribution in [1.29, 1.82) is 5.26 Å². The first kappa shape index (κ1) is 22.9. The average molecular weight is 466 g/mol. The van der Waals surface area contributed by atoms with Crippen LogP contribution in [0.1, 0.15) is 30.5 Å². The summed E-state index contributed by atoms with van der Waals surface area (Å²) in [6, 6.07) is 15.3. The molecular formula is C22H25Cl2N3O2S. The van der Waals surface area contributed by atoms with Gasteiger partial charge in [-0.15, -0.1) is 0 Å². The molecule has 0 bridgehead atoms. The molecule has 0 spiro atoms. The number of halogens is 2. The molecule has 0 aromatic heterocycles. The summed E-state index contributed by atoms with van der Waals surface area (Å²) in [5.41, 5.74) is 2.54. The molecular weight excluding hydrogens is 441 g/mol. The topological polar surface area (TPSA) is 64.4 Å². The molecule has 2 aromatic rings. The molecule has 1 aliphatic heterocycles. The van der Waals surface area contributed by atoms with Crippen molar-refractivity contribution in [3.63, 3.8) is 0 Å². The molecule has 1 saturated heterocycles. The molecule has 2 aromatic carbocycles. The minimum Gasteiger partial charge on any atom is -0.361 e. The van der Waals surface area contributed by atoms with Gasteiger partial charge in [0.2, 0.25) is 0 Å². The summed E-state index contributed by atoms with van der Waals surface area (Å²) in [6.45, 7) is 4.74. The van der Waals surface area contributed by atoms with Gasteiger partial charge in [0.15, 0.2) is 0 Å². The molecule has 30 heavy (non-hydrogen) atoms. The van der Waals surface area contributed by atoms with Crippen molar-refractivity contribution in [2.45, 2.75) is 19.4 Å². The number of nitrogens with zero attached hydrogens (tertiary/aromatic N) is 3. The Morgan fingerprint density at radius 1 is 1.13 bits per heavy atom. The second-order valence-corrected chi connectivity index (χ2v) is 10.7. The van der Waals surface area contributed by atoms with Gasteiger partial charge in [-0.2, -0.15) is 5.26 Å². The Balaban J connectivity index is 1.82. The van der Waals surface area contributed by atoms with Crippen LogP contribution in [0.25, 0.3) is 0 Å². The number of benzene rings is 2. The van der Waals surface area contributed by atoms with Gasteiger partial charge in [0.1, 0.15) is 9.84 Å². The van der Waals surface area contributed by atoms with E-state index in [0.717, 1.165) is 37.4 Å². The first-order valence-electron chi connectivity index (χ1n) is 9.97. The van der Waals surface area contributed by atoms with Crippen LogP contribution < -0.4 is 4.90 Å². The van der Waals surface area contributed by atoms with Crippen molar-refractivity contribution in [2.24, 2.45) is 0 Å². The third-order valence-electron chi connectivity index (χ3n) is 5.47. The van der Waals surface area contributed by atoms with E-state index < -0.39 is 9.84 Å². The van der Waals surface area contributed by atoms with Crippen molar-refractivity contribution in [2.75, 3.05) is 42.6 Å². The van der Waals surface area contributed by atoms with E-state index in [0.29, 0.717) is 22.0 Å². The largest absolute Gasteiger partial charge is 0.361 e. The van der Waals surface area contributed by atoms with E-state index in [4.69, 9.17) is 28.5 Å². The summed E-state index contributed by atoms with van der Waals surface area (Å²) in [4.78, 5) is 4.56. The Kier molecular flexibility index (Phi) is 7.65. The summed E-state index contributed by atoms with van der Waals surface area (Å²) < 4.78 is 23.6. The van der Waals surface area contributed by atoms with Gasteiger partial charge in [-0.3, -0.25) is 4.90 Å². The molecule has 1 atom stereocenters. The molecule has 160 valence electrons. The van der Waals surface area contributed by atoms with E-state index in [9.17, 15) is 8.42 Å². The molecule has 5 nitrogen and oxygen atoms in total. The SMILES string of the molecule is CCS(=O)(=O)CCCN1CCN(c2ccc(C#N)cc2Cl)[C@H](c2ccc(Cl)cc2)C1. The van der Waals surface area contributed by atoms with Gasteiger partial charge in [-0.05, 0) is 48.9 Å². The predicted molar refractivity (Wildman–Crippen MR) is 123 cm³/mol. The summed E-state index contributed by atoms with van der Waals surface area (Å²) in [5, 5.41) is 10.4. The van der Waals surface area contributed by atoms with Crippen LogP contribution in [0.15, 0.2) is 42.5 Å². The minimum atomic E-state index is -2.95. The average Bonchev–Trinajstić information content (AvgIpc) is 2.74. The fraction of sp³-hybridized carbons (Fsp3) is 0.409. The highest BCUT2D eigenvalue weighted by atomic mass is 35.5. The smallest absolute Gasteiger partial charge is 0.150 e. The minimum absolute atomic E-state index is 0.0456. The Labute approximate surface area is 188 Å². The molecule has 0 radical (unpaired) electrons. The second kappa shape index (κ2) is 10.0. The number of anilines is 1. The van der Waals surface area contributed by atoms with E-state index in [1.54, 1.807) is 19.1 Å². The van der Waals surface area contributed by atoms with Crippen molar-refractivity contribution >= 4 is 38.7 Å². The highest BCUT2D eigenvalue weighted by Gasteiger charge is 2.29. The van der Waals surface area contributed by atoms with Gasteiger partial charge in [0.25, 0.3) is 0 Å². The lowest BCUT2D eigenvalue weighted by molar-refractivity contribution is 0.224. The van der Waals surface area contributed by atoms with Gasteiger partial charge in [0, 0.05) is 30.4 Å². The zero-order chi connectivity index (χ0) is 21.7. The second-order valence-electron chi connectivity index (χ2n) is 7.43. The molecule has 8 heteroatoms. The van der Waals surface area contributed by atoms with E-state index in [2.05, 4.69) is 15.9 Å². The molecule has 0 N–H and O–H groups in total. The van der Waals surface area contributed by atoms with Crippen LogP contribution >= 0.6 is 23.2 Å². The highest BCUT2D eigenvalue weighted by molar-refractivity contribution is 7.91. The van der Waals surface area contributed by atoms with E-state index in [1.807, 2.05) is 30.3 Å². The van der Waals surface area contributed by atoms with Gasteiger partial charge >= 0.3 is 0 Å². The molecule has 0 amide bonds. The summed E-state index contributed by atoms with van der Waals surface area (Å²) in [5.74, 6) is 0.405. The maximum absolute atomic E-state index is 11.8. The fourth-order valence-corrected chi connectivity index (χ4v) is 5.04. The Morgan fingerprint density at radius 3 is 2.50 bits per heavy atom. The summed E-state index contributed by atoms with van der Waals surface area (Å²) in [7, 11) is -2.95. The van der Waals surface area contributed by atoms with Gasteiger partial charge in [-0.25, -0.2) is 8.42 Å². The van der Waals surface area contributed by atoms with Gasteiger partial charge in [0.05, 0.1) is 34.1 Å². The number of piperazine rings is 1. The Hall–Kier alpha value is -1.78. The zero-order valence-corrected chi connectivity index (χ0v) is 19.2. The molecule has 1 fully saturated rings. The maximum Gasteiger partial charge on any atom is 0.150 e. The maximum atomic E-state index is 11.8. The lowest BCUT2D eigenvalue weighted by atomic mass is 10.0. The van der Waals surface area contributed by atoms with Crippen LogP contribution in [0, 0.1) is 11.3 Å². The van der Waals surface area contributed by atoms with Crippen LogP contribution in [-0.4, -0.2) is 51.0 Å². The monoisotopic (exact) mass is 465 g/mol. The van der Waals surface area contributed by atoms with E-state index >= 15 is 0 Å².